The van der Waals surface area contributed by atoms with Crippen molar-refractivity contribution in [3.63, 3.8) is 0 Å². The summed E-state index contributed by atoms with van der Waals surface area (Å²) < 4.78 is 3.35. The van der Waals surface area contributed by atoms with E-state index in [-0.39, 0.29) is 0 Å². The Balaban J connectivity index is 2.46. The lowest BCUT2D eigenvalue weighted by Gasteiger charge is -1.86. The molecule has 1 rings (SSSR count). The predicted molar refractivity (Wildman–Crippen MR) is 20.4 cm³/mol. The third-order valence-corrected chi connectivity index (χ3v) is 0.562. The molecule has 1 N–H and O–H groups in total. The van der Waals surface area contributed by atoms with Crippen molar-refractivity contribution in [2.45, 2.75) is 0 Å². The maximum absolute atomic E-state index is 3.35. The van der Waals surface area contributed by atoms with E-state index in [0.717, 1.165) is 12.1 Å². The minimum absolute atomic E-state index is 1.04. The topological polar surface area (TPSA) is 61.5 Å². The average Bonchev–Trinajstić information content (AvgIpc) is 1.72. The van der Waals surface area contributed by atoms with Crippen LogP contribution in [0.15, 0.2) is 20.2 Å². The minimum atomic E-state index is 1.04. The zero-order chi connectivity index (χ0) is 4.24. The number of nitrogens with zero attached hydrogens (tertiary/aromatic N) is 4. The van der Waals surface area contributed by atoms with Gasteiger partial charge in [0.25, 0.3) is 0 Å². The maximum Gasteiger partial charge on any atom is 0.134 e. The normalized spacial score (nSPS) is 17.3. The van der Waals surface area contributed by atoms with Crippen LogP contribution >= 0.6 is 12.1 Å². The van der Waals surface area contributed by atoms with Crippen LogP contribution in [-0.2, 0) is 0 Å². The Morgan fingerprint density at radius 1 is 1.33 bits per heavy atom. The van der Waals surface area contributed by atoms with Gasteiger partial charge in [-0.1, -0.05) is 4.52 Å². The number of nitrogens with one attached hydrogen (secondary N) is 1. The first-order chi connectivity index (χ1) is 3.00. The average molecular weight is 103 g/mol. The first kappa shape index (κ1) is 3.54. The molecule has 0 aromatic carbocycles. The van der Waals surface area contributed by atoms with Crippen LogP contribution in [0.4, 0.5) is 0 Å². The van der Waals surface area contributed by atoms with Crippen molar-refractivity contribution in [1.82, 2.24) is 4.83 Å². The monoisotopic (exact) mass is 103 g/mol. The Morgan fingerprint density at radius 2 is 2.33 bits per heavy atom. The Hall–Kier alpha value is -0.650. The molecule has 0 amide bonds. The summed E-state index contributed by atoms with van der Waals surface area (Å²) in [6, 6.07) is 0. The molecule has 0 aliphatic carbocycles. The molecule has 0 aromatic rings. The molecule has 6 heteroatoms. The highest BCUT2D eigenvalue weighted by Crippen LogP contribution is 2.00. The molecular formula is HN5S. The molecule has 1 aliphatic rings. The third kappa shape index (κ3) is 0.646. The fourth-order valence-corrected chi connectivity index (χ4v) is 0.288. The molecule has 0 radical (unpaired) electrons. The molecule has 1 aliphatic heterocycles. The molecule has 0 saturated heterocycles. The summed E-state index contributed by atoms with van der Waals surface area (Å²) in [6.07, 6.45) is 0. The molecule has 0 aromatic heterocycles. The van der Waals surface area contributed by atoms with Crippen LogP contribution in [0.2, 0.25) is 0 Å². The quantitative estimate of drug-likeness (QED) is 0.463. The van der Waals surface area contributed by atoms with Crippen LogP contribution in [0, 0.1) is 0 Å². The van der Waals surface area contributed by atoms with E-state index in [1.54, 1.807) is 0 Å². The van der Waals surface area contributed by atoms with E-state index in [2.05, 4.69) is 25.0 Å². The summed E-state index contributed by atoms with van der Waals surface area (Å²) in [5.41, 5.74) is 0. The summed E-state index contributed by atoms with van der Waals surface area (Å²) >= 11 is 1.04. The van der Waals surface area contributed by atoms with Crippen molar-refractivity contribution < 1.29 is 0 Å². The van der Waals surface area contributed by atoms with Crippen LogP contribution in [0.3, 0.4) is 0 Å². The Labute approximate surface area is 38.1 Å². The molecule has 0 bridgehead atoms. The summed E-state index contributed by atoms with van der Waals surface area (Å²) in [6.45, 7) is 0. The highest BCUT2D eigenvalue weighted by molar-refractivity contribution is 7.95. The van der Waals surface area contributed by atoms with Crippen molar-refractivity contribution in [3.05, 3.63) is 0 Å². The molecule has 1 heterocycles. The summed E-state index contributed by atoms with van der Waals surface area (Å²) in [5.74, 6) is 0. The van der Waals surface area contributed by atoms with Gasteiger partial charge in [0.2, 0.25) is 0 Å². The van der Waals surface area contributed by atoms with E-state index in [0.29, 0.717) is 0 Å². The SMILES string of the molecule is N1=NNSN=N1. The van der Waals surface area contributed by atoms with Crippen molar-refractivity contribution in [2.24, 2.45) is 20.2 Å². The minimum Gasteiger partial charge on any atom is -0.210 e. The number of hydrogen-bond acceptors (Lipinski definition) is 6. The van der Waals surface area contributed by atoms with Crippen LogP contribution in [0.1, 0.15) is 0 Å². The lowest BCUT2D eigenvalue weighted by atomic mass is 12.5. The van der Waals surface area contributed by atoms with E-state index < -0.39 is 0 Å². The Morgan fingerprint density at radius 3 is 2.50 bits per heavy atom. The van der Waals surface area contributed by atoms with E-state index in [1.165, 1.54) is 0 Å². The second-order valence-electron chi connectivity index (χ2n) is 0.543. The van der Waals surface area contributed by atoms with Gasteiger partial charge in [0.1, 0.15) is 12.1 Å². The smallest absolute Gasteiger partial charge is 0.134 e. The van der Waals surface area contributed by atoms with E-state index >= 15 is 0 Å². The van der Waals surface area contributed by atoms with Crippen LogP contribution in [0.25, 0.3) is 0 Å². The number of rotatable bonds is 0. The van der Waals surface area contributed by atoms with Gasteiger partial charge in [0.05, 0.1) is 0 Å². The third-order valence-electron chi connectivity index (χ3n) is 0.244. The van der Waals surface area contributed by atoms with Crippen LogP contribution < -0.4 is 4.83 Å². The predicted octanol–water partition coefficient (Wildman–Crippen LogP) is 0.887. The summed E-state index contributed by atoms with van der Waals surface area (Å²) in [7, 11) is 0. The van der Waals surface area contributed by atoms with Gasteiger partial charge in [-0.05, 0) is 15.7 Å². The second kappa shape index (κ2) is 1.71. The molecular weight excluding hydrogens is 102 g/mol. The largest absolute Gasteiger partial charge is 0.210 e. The number of hydrogen-bond donors (Lipinski definition) is 1. The van der Waals surface area contributed by atoms with E-state index in [1.807, 2.05) is 0 Å². The van der Waals surface area contributed by atoms with Gasteiger partial charge in [-0.2, -0.15) is 0 Å². The van der Waals surface area contributed by atoms with E-state index in [4.69, 9.17) is 0 Å². The lowest BCUT2D eigenvalue weighted by molar-refractivity contribution is 0.839. The van der Waals surface area contributed by atoms with Gasteiger partial charge in [-0.25, -0.2) is 4.83 Å². The van der Waals surface area contributed by atoms with Gasteiger partial charge >= 0.3 is 0 Å². The first-order valence-electron chi connectivity index (χ1n) is 1.21. The molecule has 0 unspecified atom stereocenters. The van der Waals surface area contributed by atoms with Crippen LogP contribution in [0.5, 0.6) is 0 Å². The maximum atomic E-state index is 3.35. The van der Waals surface area contributed by atoms with Crippen molar-refractivity contribution in [2.75, 3.05) is 0 Å². The Bertz CT molecular complexity index is 69.9. The lowest BCUT2D eigenvalue weighted by Crippen LogP contribution is -1.87. The zero-order valence-electron chi connectivity index (χ0n) is 2.70. The van der Waals surface area contributed by atoms with Gasteiger partial charge in [-0.3, -0.25) is 0 Å². The molecule has 0 spiro atoms. The standard InChI is InChI=1S/HN5S/c1-2-4-6-5-3-1/h(H,1,4,5). The summed E-state index contributed by atoms with van der Waals surface area (Å²) in [5, 5.41) is 9.54. The molecule has 0 fully saturated rings. The van der Waals surface area contributed by atoms with Gasteiger partial charge in [0.15, 0.2) is 0 Å². The molecule has 0 atom stereocenters. The zero-order valence-corrected chi connectivity index (χ0v) is 3.51. The molecule has 6 heavy (non-hydrogen) atoms. The highest BCUT2D eigenvalue weighted by atomic mass is 32.2. The van der Waals surface area contributed by atoms with Gasteiger partial charge in [-0.15, -0.1) is 0 Å². The van der Waals surface area contributed by atoms with Crippen molar-refractivity contribution in [3.8, 4) is 0 Å². The first-order valence-corrected chi connectivity index (χ1v) is 1.98. The fraction of sp³-hybridized carbons (Fsp3) is 0. The second-order valence-corrected chi connectivity index (χ2v) is 1.07. The van der Waals surface area contributed by atoms with Gasteiger partial charge < -0.3 is 0 Å². The van der Waals surface area contributed by atoms with Crippen LogP contribution in [-0.4, -0.2) is 0 Å². The highest BCUT2D eigenvalue weighted by Gasteiger charge is 1.80. The molecule has 32 valence electrons. The van der Waals surface area contributed by atoms with Gasteiger partial charge in [0, 0.05) is 0 Å². The molecule has 0 saturated carbocycles. The summed E-state index contributed by atoms with van der Waals surface area (Å²) in [4.78, 5) is 2.40. The fourth-order valence-electron chi connectivity index (χ4n) is 0.109. The van der Waals surface area contributed by atoms with Crippen molar-refractivity contribution >= 4 is 12.1 Å². The molecule has 5 nitrogen and oxygen atoms in total. The van der Waals surface area contributed by atoms with Crippen molar-refractivity contribution in [1.29, 1.82) is 0 Å². The Kier molecular flexibility index (Phi) is 1.01. The van der Waals surface area contributed by atoms with E-state index in [9.17, 15) is 0 Å².